The Morgan fingerprint density at radius 1 is 1.41 bits per heavy atom. The van der Waals surface area contributed by atoms with E-state index in [1.165, 1.54) is 0 Å². The van der Waals surface area contributed by atoms with Crippen LogP contribution in [0, 0.1) is 0 Å². The standard InChI is InChI=1S/C13H18O4/c1-4-13(3,12(15)16)17-9(2)10-5-7-11(14)8-6-10/h5-9,14H,4H2,1-3H3,(H,15,16)/t9-,13+/m1/s1. The molecule has 4 nitrogen and oxygen atoms in total. The number of aromatic hydroxyl groups is 1. The number of phenolic OH excluding ortho intramolecular Hbond substituents is 1. The number of hydrogen-bond donors (Lipinski definition) is 2. The van der Waals surface area contributed by atoms with Gasteiger partial charge in [0.1, 0.15) is 5.75 Å². The Labute approximate surface area is 101 Å². The summed E-state index contributed by atoms with van der Waals surface area (Å²) in [6.45, 7) is 5.13. The van der Waals surface area contributed by atoms with Crippen LogP contribution in [0.15, 0.2) is 24.3 Å². The molecule has 1 aromatic rings. The van der Waals surface area contributed by atoms with Gasteiger partial charge in [-0.3, -0.25) is 0 Å². The zero-order chi connectivity index (χ0) is 13.1. The number of phenols is 1. The molecule has 0 amide bonds. The lowest BCUT2D eigenvalue weighted by Crippen LogP contribution is -2.38. The van der Waals surface area contributed by atoms with E-state index in [-0.39, 0.29) is 11.9 Å². The minimum Gasteiger partial charge on any atom is -0.508 e. The van der Waals surface area contributed by atoms with Crippen molar-refractivity contribution in [3.8, 4) is 5.75 Å². The van der Waals surface area contributed by atoms with Crippen LogP contribution in [0.5, 0.6) is 5.75 Å². The van der Waals surface area contributed by atoms with Crippen LogP contribution < -0.4 is 0 Å². The minimum atomic E-state index is -1.18. The first-order chi connectivity index (χ1) is 7.89. The van der Waals surface area contributed by atoms with Crippen molar-refractivity contribution in [3.05, 3.63) is 29.8 Å². The summed E-state index contributed by atoms with van der Waals surface area (Å²) in [7, 11) is 0. The first-order valence-electron chi connectivity index (χ1n) is 5.59. The number of carboxylic acid groups (broad SMARTS) is 1. The Bertz CT molecular complexity index is 385. The number of aliphatic carboxylic acids is 1. The molecule has 2 atom stereocenters. The largest absolute Gasteiger partial charge is 0.508 e. The normalized spacial score (nSPS) is 16.2. The zero-order valence-electron chi connectivity index (χ0n) is 10.3. The van der Waals surface area contributed by atoms with Crippen LogP contribution in [-0.4, -0.2) is 21.8 Å². The van der Waals surface area contributed by atoms with Gasteiger partial charge < -0.3 is 14.9 Å². The quantitative estimate of drug-likeness (QED) is 0.827. The fourth-order valence-corrected chi connectivity index (χ4v) is 1.49. The van der Waals surface area contributed by atoms with Gasteiger partial charge in [0.25, 0.3) is 0 Å². The maximum Gasteiger partial charge on any atom is 0.335 e. The third-order valence-corrected chi connectivity index (χ3v) is 2.93. The summed E-state index contributed by atoms with van der Waals surface area (Å²) in [6, 6.07) is 6.55. The molecule has 0 aliphatic carbocycles. The van der Waals surface area contributed by atoms with E-state index in [9.17, 15) is 9.90 Å². The van der Waals surface area contributed by atoms with Gasteiger partial charge in [0.05, 0.1) is 6.10 Å². The monoisotopic (exact) mass is 238 g/mol. The molecule has 4 heteroatoms. The highest BCUT2D eigenvalue weighted by Crippen LogP contribution is 2.27. The predicted molar refractivity (Wildman–Crippen MR) is 63.9 cm³/mol. The van der Waals surface area contributed by atoms with E-state index in [0.29, 0.717) is 6.42 Å². The van der Waals surface area contributed by atoms with Crippen LogP contribution in [0.4, 0.5) is 0 Å². The molecule has 0 saturated carbocycles. The third-order valence-electron chi connectivity index (χ3n) is 2.93. The van der Waals surface area contributed by atoms with Crippen molar-refractivity contribution in [2.45, 2.75) is 38.9 Å². The van der Waals surface area contributed by atoms with Crippen molar-refractivity contribution in [1.29, 1.82) is 0 Å². The van der Waals surface area contributed by atoms with Gasteiger partial charge in [-0.15, -0.1) is 0 Å². The van der Waals surface area contributed by atoms with E-state index < -0.39 is 11.6 Å². The van der Waals surface area contributed by atoms with Crippen LogP contribution in [0.1, 0.15) is 38.9 Å². The molecule has 0 bridgehead atoms. The lowest BCUT2D eigenvalue weighted by molar-refractivity contribution is -0.171. The highest BCUT2D eigenvalue weighted by atomic mass is 16.5. The van der Waals surface area contributed by atoms with Gasteiger partial charge in [0.2, 0.25) is 0 Å². The second kappa shape index (κ2) is 5.19. The molecule has 1 rings (SSSR count). The van der Waals surface area contributed by atoms with Gasteiger partial charge in [-0.25, -0.2) is 4.79 Å². The number of carbonyl (C=O) groups is 1. The van der Waals surface area contributed by atoms with Gasteiger partial charge >= 0.3 is 5.97 Å². The van der Waals surface area contributed by atoms with E-state index in [1.54, 1.807) is 45.0 Å². The predicted octanol–water partition coefficient (Wildman–Crippen LogP) is 2.72. The van der Waals surface area contributed by atoms with Gasteiger partial charge in [-0.1, -0.05) is 19.1 Å². The van der Waals surface area contributed by atoms with Crippen molar-refractivity contribution in [1.82, 2.24) is 0 Å². The number of ether oxygens (including phenoxy) is 1. The number of carboxylic acids is 1. The van der Waals surface area contributed by atoms with Crippen LogP contribution in [0.3, 0.4) is 0 Å². The summed E-state index contributed by atoms with van der Waals surface area (Å²) >= 11 is 0. The number of hydrogen-bond acceptors (Lipinski definition) is 3. The summed E-state index contributed by atoms with van der Waals surface area (Å²) in [4.78, 5) is 11.1. The molecular weight excluding hydrogens is 220 g/mol. The molecule has 17 heavy (non-hydrogen) atoms. The first kappa shape index (κ1) is 13.5. The molecule has 0 aromatic heterocycles. The zero-order valence-corrected chi connectivity index (χ0v) is 10.3. The second-order valence-corrected chi connectivity index (χ2v) is 4.24. The molecule has 0 spiro atoms. The van der Waals surface area contributed by atoms with Gasteiger partial charge in [-0.05, 0) is 38.0 Å². The maximum atomic E-state index is 11.1. The summed E-state index contributed by atoms with van der Waals surface area (Å²) in [5.74, 6) is -0.789. The van der Waals surface area contributed by atoms with Gasteiger partial charge in [0, 0.05) is 0 Å². The fourth-order valence-electron chi connectivity index (χ4n) is 1.49. The first-order valence-corrected chi connectivity index (χ1v) is 5.59. The molecule has 2 N–H and O–H groups in total. The Balaban J connectivity index is 2.81. The molecule has 0 heterocycles. The van der Waals surface area contributed by atoms with Crippen molar-refractivity contribution < 1.29 is 19.7 Å². The van der Waals surface area contributed by atoms with E-state index >= 15 is 0 Å². The van der Waals surface area contributed by atoms with E-state index in [4.69, 9.17) is 9.84 Å². The van der Waals surface area contributed by atoms with Crippen molar-refractivity contribution in [2.24, 2.45) is 0 Å². The Morgan fingerprint density at radius 3 is 2.35 bits per heavy atom. The second-order valence-electron chi connectivity index (χ2n) is 4.24. The topological polar surface area (TPSA) is 66.8 Å². The van der Waals surface area contributed by atoms with Crippen LogP contribution >= 0.6 is 0 Å². The van der Waals surface area contributed by atoms with E-state index in [1.807, 2.05) is 0 Å². The number of benzene rings is 1. The van der Waals surface area contributed by atoms with Crippen LogP contribution in [0.25, 0.3) is 0 Å². The lowest BCUT2D eigenvalue weighted by Gasteiger charge is -2.28. The summed E-state index contributed by atoms with van der Waals surface area (Å²) < 4.78 is 5.59. The molecule has 1 aromatic carbocycles. The van der Waals surface area contributed by atoms with Crippen LogP contribution in [0.2, 0.25) is 0 Å². The summed E-state index contributed by atoms with van der Waals surface area (Å²) in [5, 5.41) is 18.3. The fraction of sp³-hybridized carbons (Fsp3) is 0.462. The Morgan fingerprint density at radius 2 is 1.94 bits per heavy atom. The molecule has 0 aliphatic heterocycles. The third kappa shape index (κ3) is 3.20. The molecular formula is C13H18O4. The lowest BCUT2D eigenvalue weighted by atomic mass is 10.0. The molecule has 0 radical (unpaired) electrons. The van der Waals surface area contributed by atoms with E-state index in [0.717, 1.165) is 5.56 Å². The highest BCUT2D eigenvalue weighted by molar-refractivity contribution is 5.76. The summed E-state index contributed by atoms with van der Waals surface area (Å²) in [6.07, 6.45) is 0.0572. The molecule has 94 valence electrons. The van der Waals surface area contributed by atoms with E-state index in [2.05, 4.69) is 0 Å². The van der Waals surface area contributed by atoms with Crippen molar-refractivity contribution in [3.63, 3.8) is 0 Å². The van der Waals surface area contributed by atoms with Crippen molar-refractivity contribution >= 4 is 5.97 Å². The van der Waals surface area contributed by atoms with Gasteiger partial charge in [0.15, 0.2) is 5.60 Å². The average Bonchev–Trinajstić information content (AvgIpc) is 2.29. The van der Waals surface area contributed by atoms with Crippen molar-refractivity contribution in [2.75, 3.05) is 0 Å². The summed E-state index contributed by atoms with van der Waals surface area (Å²) in [5.41, 5.74) is -0.346. The number of rotatable bonds is 5. The molecule has 0 aliphatic rings. The smallest absolute Gasteiger partial charge is 0.335 e. The van der Waals surface area contributed by atoms with Gasteiger partial charge in [-0.2, -0.15) is 0 Å². The van der Waals surface area contributed by atoms with Crippen LogP contribution in [-0.2, 0) is 9.53 Å². The Kier molecular flexibility index (Phi) is 4.12. The molecule has 0 saturated heterocycles. The highest BCUT2D eigenvalue weighted by Gasteiger charge is 2.34. The SMILES string of the molecule is CC[C@](C)(O[C@H](C)c1ccc(O)cc1)C(=O)O. The maximum absolute atomic E-state index is 11.1. The molecule has 0 fully saturated rings. The average molecular weight is 238 g/mol. The minimum absolute atomic E-state index is 0.178. The Hall–Kier alpha value is -1.55. The molecule has 0 unspecified atom stereocenters.